The molecule has 3 heteroatoms. The molecule has 0 N–H and O–H groups in total. The van der Waals surface area contributed by atoms with Crippen LogP contribution in [-0.2, 0) is 4.74 Å². The lowest BCUT2D eigenvalue weighted by Crippen LogP contribution is -2.32. The molecule has 0 unspecified atom stereocenters. The summed E-state index contributed by atoms with van der Waals surface area (Å²) in [5, 5.41) is 0. The average Bonchev–Trinajstić information content (AvgIpc) is 2.31. The largest absolute Gasteiger partial charge is 0.384 e. The molecule has 0 atom stereocenters. The van der Waals surface area contributed by atoms with Crippen LogP contribution in [0.3, 0.4) is 0 Å². The molecule has 104 valence electrons. The number of hydrogen-bond donors (Lipinski definition) is 0. The molecule has 0 bridgehead atoms. The molecule has 0 fully saturated rings. The monoisotopic (exact) mass is 263 g/mol. The first-order chi connectivity index (χ1) is 8.79. The number of methoxy groups -OCH3 is 1. The van der Waals surface area contributed by atoms with E-state index >= 15 is 0 Å². The van der Waals surface area contributed by atoms with Gasteiger partial charge in [-0.25, -0.2) is 4.39 Å². The number of hydrogen-bond acceptors (Lipinski definition) is 2. The van der Waals surface area contributed by atoms with Crippen LogP contribution in [0.1, 0.15) is 20.8 Å². The molecule has 1 rings (SSSR count). The van der Waals surface area contributed by atoms with Gasteiger partial charge in [-0.1, -0.05) is 27.0 Å². The number of allylic oxidation sites excluding steroid dienone is 1. The molecule has 0 heterocycles. The van der Waals surface area contributed by atoms with E-state index < -0.39 is 0 Å². The van der Waals surface area contributed by atoms with Gasteiger partial charge in [-0.2, -0.15) is 0 Å². The molecule has 0 saturated heterocycles. The van der Waals surface area contributed by atoms with Crippen LogP contribution in [0.4, 0.5) is 10.1 Å². The minimum absolute atomic E-state index is 0.234. The van der Waals surface area contributed by atoms with Gasteiger partial charge in [0.15, 0.2) is 0 Å². The summed E-state index contributed by atoms with van der Waals surface area (Å²) in [5.74, 6) is -0.257. The maximum absolute atomic E-state index is 13.0. The van der Waals surface area contributed by atoms with Crippen molar-refractivity contribution in [2.75, 3.05) is 18.6 Å². The molecule has 0 saturated carbocycles. The smallest absolute Gasteiger partial charge is 0.123 e. The molecule has 1 aromatic carbocycles. The fraction of sp³-hybridized carbons (Fsp3) is 0.375. The maximum atomic E-state index is 13.0. The summed E-state index contributed by atoms with van der Waals surface area (Å²) in [7, 11) is 1.66. The van der Waals surface area contributed by atoms with Crippen molar-refractivity contribution in [2.24, 2.45) is 5.41 Å². The quantitative estimate of drug-likeness (QED) is 0.756. The van der Waals surface area contributed by atoms with Gasteiger partial charge in [0.25, 0.3) is 0 Å². The van der Waals surface area contributed by atoms with Crippen molar-refractivity contribution in [1.82, 2.24) is 0 Å². The SMILES string of the molecule is C=C(C)N(C(=C)C(C)(C)COC)c1ccc(F)cc1. The molecular formula is C16H22FNO. The van der Waals surface area contributed by atoms with E-state index in [1.807, 2.05) is 11.8 Å². The number of anilines is 1. The van der Waals surface area contributed by atoms with E-state index in [9.17, 15) is 4.39 Å². The fourth-order valence-corrected chi connectivity index (χ4v) is 1.94. The van der Waals surface area contributed by atoms with Crippen LogP contribution in [0.25, 0.3) is 0 Å². The van der Waals surface area contributed by atoms with Crippen LogP contribution in [0.2, 0.25) is 0 Å². The van der Waals surface area contributed by atoms with Crippen molar-refractivity contribution < 1.29 is 9.13 Å². The first kappa shape index (κ1) is 15.4. The van der Waals surface area contributed by atoms with Gasteiger partial charge in [0.2, 0.25) is 0 Å². The summed E-state index contributed by atoms with van der Waals surface area (Å²) < 4.78 is 18.3. The standard InChI is InChI=1S/C16H22FNO/c1-12(2)18(13(3)16(4,5)11-19-6)15-9-7-14(17)8-10-15/h7-10H,1,3,11H2,2,4-6H3. The normalized spacial score (nSPS) is 11.2. The van der Waals surface area contributed by atoms with Gasteiger partial charge in [0, 0.05) is 29.6 Å². The second kappa shape index (κ2) is 6.02. The van der Waals surface area contributed by atoms with Crippen LogP contribution < -0.4 is 4.90 Å². The van der Waals surface area contributed by atoms with E-state index in [1.165, 1.54) is 12.1 Å². The van der Waals surface area contributed by atoms with E-state index in [-0.39, 0.29) is 11.2 Å². The van der Waals surface area contributed by atoms with E-state index in [2.05, 4.69) is 27.0 Å². The van der Waals surface area contributed by atoms with Gasteiger partial charge in [0.05, 0.1) is 6.61 Å². The highest BCUT2D eigenvalue weighted by Gasteiger charge is 2.27. The Balaban J connectivity index is 3.11. The summed E-state index contributed by atoms with van der Waals surface area (Å²) in [5.41, 5.74) is 2.32. The van der Waals surface area contributed by atoms with Crippen LogP contribution in [0, 0.1) is 11.2 Å². The lowest BCUT2D eigenvalue weighted by atomic mass is 9.89. The highest BCUT2D eigenvalue weighted by Crippen LogP contribution is 2.34. The minimum atomic E-state index is -0.257. The summed E-state index contributed by atoms with van der Waals surface area (Å²) in [6.07, 6.45) is 0. The molecule has 0 aromatic heterocycles. The number of nitrogens with zero attached hydrogens (tertiary/aromatic N) is 1. The molecule has 0 aliphatic heterocycles. The average molecular weight is 263 g/mol. The molecule has 2 nitrogen and oxygen atoms in total. The number of benzene rings is 1. The van der Waals surface area contributed by atoms with Gasteiger partial charge in [-0.15, -0.1) is 0 Å². The Bertz CT molecular complexity index is 462. The minimum Gasteiger partial charge on any atom is -0.384 e. The van der Waals surface area contributed by atoms with Crippen molar-refractivity contribution in [3.63, 3.8) is 0 Å². The Kier molecular flexibility index (Phi) is 4.90. The van der Waals surface area contributed by atoms with Gasteiger partial charge in [0.1, 0.15) is 5.82 Å². The van der Waals surface area contributed by atoms with Crippen LogP contribution >= 0.6 is 0 Å². The Morgan fingerprint density at radius 1 is 1.26 bits per heavy atom. The predicted octanol–water partition coefficient (Wildman–Crippen LogP) is 4.35. The van der Waals surface area contributed by atoms with Crippen LogP contribution in [0.15, 0.2) is 48.8 Å². The molecule has 0 radical (unpaired) electrons. The topological polar surface area (TPSA) is 12.5 Å². The molecule has 1 aromatic rings. The Labute approximate surface area is 115 Å². The first-order valence-corrected chi connectivity index (χ1v) is 6.19. The molecule has 0 spiro atoms. The zero-order chi connectivity index (χ0) is 14.6. The third-order valence-electron chi connectivity index (χ3n) is 3.02. The fourth-order valence-electron chi connectivity index (χ4n) is 1.94. The second-order valence-electron chi connectivity index (χ2n) is 5.31. The molecule has 0 aliphatic carbocycles. The van der Waals surface area contributed by atoms with Gasteiger partial charge in [-0.05, 0) is 31.2 Å². The molecular weight excluding hydrogens is 241 g/mol. The van der Waals surface area contributed by atoms with E-state index in [0.29, 0.717) is 6.61 Å². The number of rotatable bonds is 6. The Hall–Kier alpha value is -1.61. The summed E-state index contributed by atoms with van der Waals surface area (Å²) in [6, 6.07) is 6.31. The summed E-state index contributed by atoms with van der Waals surface area (Å²) in [6.45, 7) is 14.7. The van der Waals surface area contributed by atoms with Gasteiger partial charge in [-0.3, -0.25) is 0 Å². The second-order valence-corrected chi connectivity index (χ2v) is 5.31. The molecule has 19 heavy (non-hydrogen) atoms. The Morgan fingerprint density at radius 3 is 2.21 bits per heavy atom. The van der Waals surface area contributed by atoms with Gasteiger partial charge >= 0.3 is 0 Å². The Morgan fingerprint density at radius 2 is 1.79 bits per heavy atom. The van der Waals surface area contributed by atoms with E-state index in [4.69, 9.17) is 4.74 Å². The van der Waals surface area contributed by atoms with Crippen molar-refractivity contribution in [3.8, 4) is 0 Å². The zero-order valence-electron chi connectivity index (χ0n) is 12.2. The van der Waals surface area contributed by atoms with E-state index in [1.54, 1.807) is 19.2 Å². The van der Waals surface area contributed by atoms with Crippen molar-refractivity contribution in [3.05, 3.63) is 54.6 Å². The molecule has 0 aliphatic rings. The zero-order valence-corrected chi connectivity index (χ0v) is 12.2. The maximum Gasteiger partial charge on any atom is 0.123 e. The number of halogens is 1. The van der Waals surface area contributed by atoms with Crippen molar-refractivity contribution >= 4 is 5.69 Å². The van der Waals surface area contributed by atoms with Gasteiger partial charge < -0.3 is 9.64 Å². The third-order valence-corrected chi connectivity index (χ3v) is 3.02. The number of ether oxygens (including phenoxy) is 1. The van der Waals surface area contributed by atoms with Crippen molar-refractivity contribution in [1.29, 1.82) is 0 Å². The van der Waals surface area contributed by atoms with E-state index in [0.717, 1.165) is 17.1 Å². The van der Waals surface area contributed by atoms with Crippen molar-refractivity contribution in [2.45, 2.75) is 20.8 Å². The third kappa shape index (κ3) is 3.67. The highest BCUT2D eigenvalue weighted by molar-refractivity contribution is 5.57. The predicted molar refractivity (Wildman–Crippen MR) is 78.5 cm³/mol. The molecule has 0 amide bonds. The first-order valence-electron chi connectivity index (χ1n) is 6.19. The lowest BCUT2D eigenvalue weighted by Gasteiger charge is -2.36. The summed E-state index contributed by atoms with van der Waals surface area (Å²) in [4.78, 5) is 1.93. The van der Waals surface area contributed by atoms with Crippen LogP contribution in [-0.4, -0.2) is 13.7 Å². The highest BCUT2D eigenvalue weighted by atomic mass is 19.1. The van der Waals surface area contributed by atoms with Crippen LogP contribution in [0.5, 0.6) is 0 Å². The lowest BCUT2D eigenvalue weighted by molar-refractivity contribution is 0.125. The summed E-state index contributed by atoms with van der Waals surface area (Å²) >= 11 is 0.